The Balaban J connectivity index is 0.000000334. The molecule has 2 fully saturated rings. The molecule has 0 radical (unpaired) electrons. The molecule has 0 aromatic rings. The van der Waals surface area contributed by atoms with E-state index in [9.17, 15) is 0 Å². The third kappa shape index (κ3) is 6.33. The molecule has 4 atom stereocenters. The SMILES string of the molecule is C1=CC2[CH-]CCC2C=C1.C1=CC2[CH-]CCC2C=C1.[CH2-]C.[Cl-].[Zr+4]. The molecule has 4 aliphatic carbocycles. The molecule has 118 valence electrons. The van der Waals surface area contributed by atoms with Crippen molar-refractivity contribution in [3.05, 3.63) is 68.4 Å². The second-order valence-electron chi connectivity index (χ2n) is 5.65. The summed E-state index contributed by atoms with van der Waals surface area (Å²) in [5.74, 6) is 3.23. The number of hydrogen-bond donors (Lipinski definition) is 0. The van der Waals surface area contributed by atoms with Gasteiger partial charge in [-0.15, -0.1) is 24.0 Å². The Kier molecular flexibility index (Phi) is 12.6. The Morgan fingerprint density at radius 2 is 1.09 bits per heavy atom. The van der Waals surface area contributed by atoms with Crippen LogP contribution in [0.3, 0.4) is 0 Å². The van der Waals surface area contributed by atoms with E-state index < -0.39 is 0 Å². The van der Waals surface area contributed by atoms with Crippen molar-refractivity contribution in [2.45, 2.75) is 32.6 Å². The summed E-state index contributed by atoms with van der Waals surface area (Å²) in [4.78, 5) is 0. The molecule has 4 aliphatic rings. The maximum Gasteiger partial charge on any atom is 4.00 e. The average Bonchev–Trinajstić information content (AvgIpc) is 3.18. The summed E-state index contributed by atoms with van der Waals surface area (Å²) in [6.45, 7) is 5.00. The Labute approximate surface area is 162 Å². The minimum absolute atomic E-state index is 0. The van der Waals surface area contributed by atoms with Gasteiger partial charge in [-0.3, -0.25) is 0 Å². The van der Waals surface area contributed by atoms with Crippen LogP contribution >= 0.6 is 0 Å². The summed E-state index contributed by atoms with van der Waals surface area (Å²) >= 11 is 0. The van der Waals surface area contributed by atoms with Crippen molar-refractivity contribution in [1.29, 1.82) is 0 Å². The Morgan fingerprint density at radius 3 is 1.45 bits per heavy atom. The van der Waals surface area contributed by atoms with Crippen LogP contribution in [-0.2, 0) is 26.2 Å². The van der Waals surface area contributed by atoms with Gasteiger partial charge < -0.3 is 32.2 Å². The van der Waals surface area contributed by atoms with Gasteiger partial charge in [-0.1, -0.05) is 49.3 Å². The van der Waals surface area contributed by atoms with Crippen molar-refractivity contribution in [1.82, 2.24) is 0 Å². The minimum Gasteiger partial charge on any atom is -1.00 e. The molecular weight excluding hydrogens is 367 g/mol. The molecule has 0 aliphatic heterocycles. The van der Waals surface area contributed by atoms with E-state index in [2.05, 4.69) is 68.4 Å². The maximum atomic E-state index is 3.25. The van der Waals surface area contributed by atoms with E-state index in [1.54, 1.807) is 6.92 Å². The van der Waals surface area contributed by atoms with Crippen LogP contribution < -0.4 is 12.4 Å². The smallest absolute Gasteiger partial charge is 1.00 e. The molecular formula is C20H27ClZr. The third-order valence-corrected chi connectivity index (χ3v) is 4.47. The van der Waals surface area contributed by atoms with Crippen molar-refractivity contribution in [3.8, 4) is 0 Å². The standard InChI is InChI=1S/2C9H11.C2H5.ClH.Zr/c2*1-2-5-9-7-3-6-8(9)4-1;1-2;;/h2*1-2,4-6,8-9H,3,7H2;1H2,2H3;1H;/q3*-1;;+4/p-1. The van der Waals surface area contributed by atoms with Gasteiger partial charge in [-0.25, -0.2) is 0 Å². The normalized spacial score (nSPS) is 32.3. The Bertz CT molecular complexity index is 321. The van der Waals surface area contributed by atoms with Crippen LogP contribution in [0.2, 0.25) is 0 Å². The van der Waals surface area contributed by atoms with Crippen LogP contribution in [0.5, 0.6) is 0 Å². The van der Waals surface area contributed by atoms with Crippen LogP contribution in [0.1, 0.15) is 32.6 Å². The van der Waals surface area contributed by atoms with Crippen LogP contribution in [0.4, 0.5) is 0 Å². The van der Waals surface area contributed by atoms with Crippen LogP contribution in [0.15, 0.2) is 48.6 Å². The first-order chi connectivity index (χ1) is 9.93. The summed E-state index contributed by atoms with van der Waals surface area (Å²) < 4.78 is 0. The Hall–Kier alpha value is 0.133. The molecule has 22 heavy (non-hydrogen) atoms. The minimum atomic E-state index is 0. The molecule has 0 amide bonds. The zero-order valence-corrected chi connectivity index (χ0v) is 16.7. The molecule has 0 heterocycles. The average molecular weight is 394 g/mol. The first kappa shape index (κ1) is 22.1. The molecule has 0 spiro atoms. The van der Waals surface area contributed by atoms with Gasteiger partial charge in [0.1, 0.15) is 0 Å². The molecule has 2 saturated carbocycles. The molecule has 0 N–H and O–H groups in total. The first-order valence-corrected chi connectivity index (χ1v) is 8.01. The number of fused-ring (bicyclic) bond motifs is 2. The van der Waals surface area contributed by atoms with Gasteiger partial charge in [0.2, 0.25) is 0 Å². The van der Waals surface area contributed by atoms with E-state index in [1.807, 2.05) is 0 Å². The number of rotatable bonds is 0. The predicted molar refractivity (Wildman–Crippen MR) is 88.6 cm³/mol. The van der Waals surface area contributed by atoms with Crippen LogP contribution in [0, 0.1) is 43.4 Å². The van der Waals surface area contributed by atoms with Gasteiger partial charge in [0, 0.05) is 0 Å². The van der Waals surface area contributed by atoms with Gasteiger partial charge in [0.05, 0.1) is 0 Å². The fraction of sp³-hybridized carbons (Fsp3) is 0.450. The van der Waals surface area contributed by atoms with E-state index >= 15 is 0 Å². The fourth-order valence-corrected chi connectivity index (χ4v) is 3.39. The number of allylic oxidation sites excluding steroid dienone is 8. The third-order valence-electron chi connectivity index (χ3n) is 4.47. The monoisotopic (exact) mass is 392 g/mol. The summed E-state index contributed by atoms with van der Waals surface area (Å²) in [5.41, 5.74) is 0. The largest absolute Gasteiger partial charge is 4.00 e. The topological polar surface area (TPSA) is 0 Å². The van der Waals surface area contributed by atoms with Gasteiger partial charge in [0.15, 0.2) is 0 Å². The van der Waals surface area contributed by atoms with E-state index in [4.69, 9.17) is 0 Å². The zero-order chi connectivity index (χ0) is 14.2. The first-order valence-electron chi connectivity index (χ1n) is 8.01. The van der Waals surface area contributed by atoms with Crippen molar-refractivity contribution in [3.63, 3.8) is 0 Å². The second-order valence-corrected chi connectivity index (χ2v) is 5.65. The van der Waals surface area contributed by atoms with Crippen LogP contribution in [-0.4, -0.2) is 0 Å². The van der Waals surface area contributed by atoms with Crippen molar-refractivity contribution in [2.75, 3.05) is 0 Å². The fourth-order valence-electron chi connectivity index (χ4n) is 3.39. The van der Waals surface area contributed by atoms with Gasteiger partial charge >= 0.3 is 26.2 Å². The molecule has 4 rings (SSSR count). The van der Waals surface area contributed by atoms with E-state index in [-0.39, 0.29) is 38.6 Å². The quantitative estimate of drug-likeness (QED) is 0.555. The van der Waals surface area contributed by atoms with Gasteiger partial charge in [0.25, 0.3) is 0 Å². The molecule has 2 heteroatoms. The molecule has 0 saturated heterocycles. The summed E-state index contributed by atoms with van der Waals surface area (Å²) in [7, 11) is 0. The van der Waals surface area contributed by atoms with Crippen molar-refractivity contribution in [2.24, 2.45) is 23.7 Å². The second kappa shape index (κ2) is 12.5. The van der Waals surface area contributed by atoms with E-state index in [0.717, 1.165) is 23.7 Å². The summed E-state index contributed by atoms with van der Waals surface area (Å²) in [6, 6.07) is 0. The van der Waals surface area contributed by atoms with E-state index in [1.165, 1.54) is 25.7 Å². The maximum absolute atomic E-state index is 3.25. The van der Waals surface area contributed by atoms with Gasteiger partial charge in [-0.2, -0.15) is 19.8 Å². The van der Waals surface area contributed by atoms with Gasteiger partial charge in [-0.05, 0) is 11.8 Å². The molecule has 0 nitrogen and oxygen atoms in total. The molecule has 0 aromatic heterocycles. The predicted octanol–water partition coefficient (Wildman–Crippen LogP) is 2.53. The summed E-state index contributed by atoms with van der Waals surface area (Å²) in [6.07, 6.45) is 28.1. The molecule has 0 aromatic carbocycles. The Morgan fingerprint density at radius 1 is 0.727 bits per heavy atom. The number of halogens is 1. The zero-order valence-electron chi connectivity index (χ0n) is 13.5. The number of hydrogen-bond acceptors (Lipinski definition) is 0. The molecule has 0 bridgehead atoms. The summed E-state index contributed by atoms with van der Waals surface area (Å²) in [5, 5.41) is 0. The van der Waals surface area contributed by atoms with E-state index in [0.29, 0.717) is 0 Å². The van der Waals surface area contributed by atoms with Crippen molar-refractivity contribution < 1.29 is 38.6 Å². The van der Waals surface area contributed by atoms with Crippen LogP contribution in [0.25, 0.3) is 0 Å². The van der Waals surface area contributed by atoms with Crippen molar-refractivity contribution >= 4 is 0 Å². The molecule has 4 unspecified atom stereocenters.